The Labute approximate surface area is 129 Å². The molecule has 2 heterocycles. The number of hydrogen-bond acceptors (Lipinski definition) is 5. The van der Waals surface area contributed by atoms with E-state index in [0.717, 1.165) is 41.3 Å². The van der Waals surface area contributed by atoms with Crippen molar-refractivity contribution in [2.24, 2.45) is 0 Å². The van der Waals surface area contributed by atoms with E-state index >= 15 is 0 Å². The van der Waals surface area contributed by atoms with Crippen molar-refractivity contribution in [1.29, 1.82) is 0 Å². The summed E-state index contributed by atoms with van der Waals surface area (Å²) in [4.78, 5) is 1.39. The molecule has 1 aromatic heterocycles. The average Bonchev–Trinajstić information content (AvgIpc) is 2.79. The summed E-state index contributed by atoms with van der Waals surface area (Å²) < 4.78 is 28.1. The van der Waals surface area contributed by atoms with E-state index in [4.69, 9.17) is 0 Å². The molecule has 0 saturated carbocycles. The van der Waals surface area contributed by atoms with Gasteiger partial charge >= 0.3 is 0 Å². The lowest BCUT2D eigenvalue weighted by molar-refractivity contribution is 0.527. The summed E-state index contributed by atoms with van der Waals surface area (Å²) in [6, 6.07) is 0.0903. The van der Waals surface area contributed by atoms with Crippen LogP contribution in [0.15, 0.2) is 10.3 Å². The maximum absolute atomic E-state index is 12.6. The van der Waals surface area contributed by atoms with Gasteiger partial charge in [0.25, 0.3) is 0 Å². The van der Waals surface area contributed by atoms with Crippen LogP contribution in [0.2, 0.25) is 0 Å². The minimum absolute atomic E-state index is 0.0903. The Morgan fingerprint density at radius 3 is 2.70 bits per heavy atom. The second-order valence-electron chi connectivity index (χ2n) is 4.96. The molecule has 2 N–H and O–H groups in total. The van der Waals surface area contributed by atoms with Gasteiger partial charge in [0, 0.05) is 17.5 Å². The maximum atomic E-state index is 12.6. The van der Waals surface area contributed by atoms with Crippen LogP contribution in [0.4, 0.5) is 0 Å². The van der Waals surface area contributed by atoms with Gasteiger partial charge in [0.1, 0.15) is 4.90 Å². The topological polar surface area (TPSA) is 58.2 Å². The first-order valence-electron chi connectivity index (χ1n) is 6.92. The summed E-state index contributed by atoms with van der Waals surface area (Å²) in [6.45, 7) is 5.35. The average molecular weight is 335 g/mol. The number of thiophene rings is 1. The molecule has 0 bridgehead atoms. The molecule has 1 aliphatic rings. The Bertz CT molecular complexity index is 534. The van der Waals surface area contributed by atoms with Crippen LogP contribution in [-0.4, -0.2) is 32.5 Å². The normalized spacial score (nSPS) is 17.5. The predicted molar refractivity (Wildman–Crippen MR) is 87.1 cm³/mol. The van der Waals surface area contributed by atoms with Gasteiger partial charge in [-0.25, -0.2) is 13.1 Å². The molecule has 2 rings (SSSR count). The summed E-state index contributed by atoms with van der Waals surface area (Å²) in [7, 11) is -3.40. The van der Waals surface area contributed by atoms with E-state index in [1.54, 1.807) is 0 Å². The zero-order valence-electron chi connectivity index (χ0n) is 11.9. The molecule has 114 valence electrons. The molecule has 1 aliphatic heterocycles. The van der Waals surface area contributed by atoms with E-state index in [-0.39, 0.29) is 6.04 Å². The number of aryl methyl sites for hydroxylation is 1. The second kappa shape index (κ2) is 7.26. The van der Waals surface area contributed by atoms with Gasteiger partial charge in [0.15, 0.2) is 0 Å². The Balaban J connectivity index is 2.17. The van der Waals surface area contributed by atoms with Crippen molar-refractivity contribution in [2.75, 3.05) is 18.1 Å². The molecule has 1 fully saturated rings. The number of hydrogen-bond donors (Lipinski definition) is 2. The molecule has 0 amide bonds. The molecule has 1 aromatic rings. The Morgan fingerprint density at radius 2 is 2.05 bits per heavy atom. The zero-order valence-corrected chi connectivity index (χ0v) is 14.4. The van der Waals surface area contributed by atoms with Crippen LogP contribution >= 0.6 is 23.1 Å². The SMILES string of the molecule is CCNCc1scc(C)c1S(=O)(=O)NC1CCSCC1. The van der Waals surface area contributed by atoms with Crippen LogP contribution in [-0.2, 0) is 16.6 Å². The van der Waals surface area contributed by atoms with Crippen molar-refractivity contribution in [3.63, 3.8) is 0 Å². The van der Waals surface area contributed by atoms with Gasteiger partial charge in [0.05, 0.1) is 0 Å². The van der Waals surface area contributed by atoms with Crippen molar-refractivity contribution in [2.45, 2.75) is 44.2 Å². The van der Waals surface area contributed by atoms with E-state index in [0.29, 0.717) is 11.4 Å². The van der Waals surface area contributed by atoms with Gasteiger partial charge in [-0.15, -0.1) is 11.3 Å². The fourth-order valence-electron chi connectivity index (χ4n) is 2.30. The first-order valence-corrected chi connectivity index (χ1v) is 10.4. The summed E-state index contributed by atoms with van der Waals surface area (Å²) in [5.74, 6) is 2.08. The molecule has 0 radical (unpaired) electrons. The predicted octanol–water partition coefficient (Wildman–Crippen LogP) is 2.34. The standard InChI is InChI=1S/C13H22N2O2S3/c1-3-14-8-12-13(10(2)9-19-12)20(16,17)15-11-4-6-18-7-5-11/h9,11,14-15H,3-8H2,1-2H3. The van der Waals surface area contributed by atoms with Crippen molar-refractivity contribution < 1.29 is 8.42 Å². The molecule has 0 spiro atoms. The van der Waals surface area contributed by atoms with E-state index < -0.39 is 10.0 Å². The zero-order chi connectivity index (χ0) is 14.6. The van der Waals surface area contributed by atoms with E-state index in [2.05, 4.69) is 10.0 Å². The second-order valence-corrected chi connectivity index (χ2v) is 8.80. The van der Waals surface area contributed by atoms with Crippen LogP contribution in [0.1, 0.15) is 30.2 Å². The fourth-order valence-corrected chi connectivity index (χ4v) is 6.49. The highest BCUT2D eigenvalue weighted by molar-refractivity contribution is 7.99. The fraction of sp³-hybridized carbons (Fsp3) is 0.692. The third-order valence-corrected chi connectivity index (χ3v) is 7.37. The van der Waals surface area contributed by atoms with Gasteiger partial charge in [-0.05, 0) is 48.8 Å². The highest BCUT2D eigenvalue weighted by atomic mass is 32.2. The molecule has 4 nitrogen and oxygen atoms in total. The van der Waals surface area contributed by atoms with E-state index in [1.807, 2.05) is 31.0 Å². The molecule has 0 aliphatic carbocycles. The number of nitrogens with one attached hydrogen (secondary N) is 2. The summed E-state index contributed by atoms with van der Waals surface area (Å²) in [5, 5.41) is 5.14. The molecule has 0 atom stereocenters. The Hall–Kier alpha value is -0.0800. The summed E-state index contributed by atoms with van der Waals surface area (Å²) in [6.07, 6.45) is 1.85. The first-order chi connectivity index (χ1) is 9.54. The lowest BCUT2D eigenvalue weighted by Gasteiger charge is -2.22. The van der Waals surface area contributed by atoms with Gasteiger partial charge in [0.2, 0.25) is 10.0 Å². The van der Waals surface area contributed by atoms with E-state index in [9.17, 15) is 8.42 Å². The van der Waals surface area contributed by atoms with Crippen molar-refractivity contribution in [3.05, 3.63) is 15.8 Å². The summed E-state index contributed by atoms with van der Waals surface area (Å²) in [5.41, 5.74) is 0.848. The lowest BCUT2D eigenvalue weighted by Crippen LogP contribution is -2.37. The smallest absolute Gasteiger partial charge is 0.242 e. The highest BCUT2D eigenvalue weighted by Gasteiger charge is 2.26. The minimum Gasteiger partial charge on any atom is -0.312 e. The van der Waals surface area contributed by atoms with Crippen LogP contribution in [0.3, 0.4) is 0 Å². The van der Waals surface area contributed by atoms with Crippen LogP contribution in [0, 0.1) is 6.92 Å². The monoisotopic (exact) mass is 334 g/mol. The van der Waals surface area contributed by atoms with Gasteiger partial charge < -0.3 is 5.32 Å². The van der Waals surface area contributed by atoms with E-state index in [1.165, 1.54) is 11.3 Å². The third kappa shape index (κ3) is 3.98. The highest BCUT2D eigenvalue weighted by Crippen LogP contribution is 2.28. The Kier molecular flexibility index (Phi) is 5.92. The van der Waals surface area contributed by atoms with Crippen molar-refractivity contribution in [3.8, 4) is 0 Å². The first kappa shape index (κ1) is 16.3. The Morgan fingerprint density at radius 1 is 1.35 bits per heavy atom. The largest absolute Gasteiger partial charge is 0.312 e. The number of rotatable bonds is 6. The third-order valence-electron chi connectivity index (χ3n) is 3.34. The quantitative estimate of drug-likeness (QED) is 0.838. The van der Waals surface area contributed by atoms with Crippen LogP contribution in [0.5, 0.6) is 0 Å². The van der Waals surface area contributed by atoms with Crippen molar-refractivity contribution in [1.82, 2.24) is 10.0 Å². The molecular formula is C13H22N2O2S3. The van der Waals surface area contributed by atoms with Gasteiger partial charge in [-0.2, -0.15) is 11.8 Å². The molecule has 0 unspecified atom stereocenters. The van der Waals surface area contributed by atoms with Gasteiger partial charge in [-0.1, -0.05) is 6.92 Å². The maximum Gasteiger partial charge on any atom is 0.242 e. The van der Waals surface area contributed by atoms with Gasteiger partial charge in [-0.3, -0.25) is 0 Å². The number of thioether (sulfide) groups is 1. The molecule has 0 aromatic carbocycles. The molecule has 20 heavy (non-hydrogen) atoms. The van der Waals surface area contributed by atoms with Crippen LogP contribution < -0.4 is 10.0 Å². The lowest BCUT2D eigenvalue weighted by atomic mass is 10.2. The van der Waals surface area contributed by atoms with Crippen LogP contribution in [0.25, 0.3) is 0 Å². The minimum atomic E-state index is -3.40. The molecular weight excluding hydrogens is 312 g/mol. The number of sulfonamides is 1. The molecule has 1 saturated heterocycles. The van der Waals surface area contributed by atoms with Crippen molar-refractivity contribution >= 4 is 33.1 Å². The summed E-state index contributed by atoms with van der Waals surface area (Å²) >= 11 is 3.42. The molecule has 7 heteroatoms.